The number of halogens is 1. The molecular formula is C9H13ClN4O2. The van der Waals surface area contributed by atoms with Gasteiger partial charge in [0.1, 0.15) is 22.8 Å². The fourth-order valence-electron chi connectivity index (χ4n) is 1.10. The largest absolute Gasteiger partial charge is 0.465 e. The number of carbonyl (C=O) groups excluding carboxylic acids is 1. The van der Waals surface area contributed by atoms with Crippen LogP contribution in [0.1, 0.15) is 12.7 Å². The standard InChI is InChI=1S/C9H13ClN4O2/c1-2-16-9(15)5(11)3-8-13-6(10)4-7(12)14-8/h4-5H,2-3,11H2,1H3,(H2,12,13,14). The first-order valence-electron chi connectivity index (χ1n) is 4.74. The Labute approximate surface area is 98.0 Å². The maximum atomic E-state index is 11.3. The molecule has 0 aliphatic heterocycles. The summed E-state index contributed by atoms with van der Waals surface area (Å²) in [6, 6.07) is 0.610. The van der Waals surface area contributed by atoms with Crippen LogP contribution in [0.15, 0.2) is 6.07 Å². The molecule has 1 rings (SSSR count). The van der Waals surface area contributed by atoms with Crippen molar-refractivity contribution in [2.45, 2.75) is 19.4 Å². The van der Waals surface area contributed by atoms with Gasteiger partial charge in [-0.2, -0.15) is 0 Å². The first-order chi connectivity index (χ1) is 7.52. The number of hydrogen-bond donors (Lipinski definition) is 2. The van der Waals surface area contributed by atoms with E-state index in [2.05, 4.69) is 9.97 Å². The monoisotopic (exact) mass is 244 g/mol. The fourth-order valence-corrected chi connectivity index (χ4v) is 1.31. The molecule has 6 nitrogen and oxygen atoms in total. The van der Waals surface area contributed by atoms with E-state index in [9.17, 15) is 4.79 Å². The van der Waals surface area contributed by atoms with Gasteiger partial charge >= 0.3 is 5.97 Å². The van der Waals surface area contributed by atoms with Crippen LogP contribution < -0.4 is 11.5 Å². The van der Waals surface area contributed by atoms with Crippen LogP contribution in [0.25, 0.3) is 0 Å². The van der Waals surface area contributed by atoms with Crippen LogP contribution in [0, 0.1) is 0 Å². The van der Waals surface area contributed by atoms with Gasteiger partial charge in [-0.25, -0.2) is 9.97 Å². The number of ether oxygens (including phenoxy) is 1. The molecule has 0 spiro atoms. The highest BCUT2D eigenvalue weighted by Gasteiger charge is 2.17. The van der Waals surface area contributed by atoms with Crippen molar-refractivity contribution in [3.63, 3.8) is 0 Å². The third-order valence-electron chi connectivity index (χ3n) is 1.75. The molecule has 1 aromatic heterocycles. The summed E-state index contributed by atoms with van der Waals surface area (Å²) in [6.07, 6.45) is 0.142. The SMILES string of the molecule is CCOC(=O)C(N)Cc1nc(N)cc(Cl)n1. The Hall–Kier alpha value is -1.40. The van der Waals surface area contributed by atoms with E-state index in [1.807, 2.05) is 0 Å². The second kappa shape index (κ2) is 5.62. The molecule has 0 fully saturated rings. The number of nitrogens with two attached hydrogens (primary N) is 2. The number of anilines is 1. The van der Waals surface area contributed by atoms with Crippen molar-refractivity contribution in [1.29, 1.82) is 0 Å². The van der Waals surface area contributed by atoms with E-state index in [1.54, 1.807) is 6.92 Å². The van der Waals surface area contributed by atoms with Crippen molar-refractivity contribution >= 4 is 23.4 Å². The first-order valence-corrected chi connectivity index (χ1v) is 5.12. The van der Waals surface area contributed by atoms with Gasteiger partial charge in [-0.05, 0) is 6.92 Å². The Bertz CT molecular complexity index is 366. The van der Waals surface area contributed by atoms with Crippen molar-refractivity contribution in [2.24, 2.45) is 5.73 Å². The first kappa shape index (κ1) is 12.7. The predicted molar refractivity (Wildman–Crippen MR) is 59.8 cm³/mol. The number of rotatable bonds is 4. The van der Waals surface area contributed by atoms with Gasteiger partial charge in [0.2, 0.25) is 0 Å². The van der Waals surface area contributed by atoms with Crippen LogP contribution in [0.3, 0.4) is 0 Å². The summed E-state index contributed by atoms with van der Waals surface area (Å²) in [4.78, 5) is 19.1. The average Bonchev–Trinajstić information content (AvgIpc) is 2.16. The highest BCUT2D eigenvalue weighted by atomic mass is 35.5. The Morgan fingerprint density at radius 2 is 2.31 bits per heavy atom. The van der Waals surface area contributed by atoms with Gasteiger partial charge in [0.05, 0.1) is 6.61 Å². The lowest BCUT2D eigenvalue weighted by Crippen LogP contribution is -2.35. The van der Waals surface area contributed by atoms with Crippen LogP contribution >= 0.6 is 11.6 Å². The highest BCUT2D eigenvalue weighted by molar-refractivity contribution is 6.29. The number of aromatic nitrogens is 2. The summed E-state index contributed by atoms with van der Waals surface area (Å²) in [5.74, 6) is 0.0706. The summed E-state index contributed by atoms with van der Waals surface area (Å²) in [5.41, 5.74) is 11.1. The van der Waals surface area contributed by atoms with Crippen LogP contribution in [0.2, 0.25) is 5.15 Å². The van der Waals surface area contributed by atoms with E-state index < -0.39 is 12.0 Å². The molecular weight excluding hydrogens is 232 g/mol. The van der Waals surface area contributed by atoms with Crippen LogP contribution in [-0.2, 0) is 16.0 Å². The maximum absolute atomic E-state index is 11.3. The average molecular weight is 245 g/mol. The van der Waals surface area contributed by atoms with Crippen molar-refractivity contribution < 1.29 is 9.53 Å². The second-order valence-electron chi connectivity index (χ2n) is 3.09. The Morgan fingerprint density at radius 1 is 1.62 bits per heavy atom. The number of hydrogen-bond acceptors (Lipinski definition) is 6. The lowest BCUT2D eigenvalue weighted by Gasteiger charge is -2.09. The minimum Gasteiger partial charge on any atom is -0.465 e. The van der Waals surface area contributed by atoms with Crippen LogP contribution in [-0.4, -0.2) is 28.6 Å². The molecule has 1 unspecified atom stereocenters. The third kappa shape index (κ3) is 3.63. The van der Waals surface area contributed by atoms with Gasteiger partial charge < -0.3 is 16.2 Å². The zero-order valence-corrected chi connectivity index (χ0v) is 9.57. The molecule has 0 radical (unpaired) electrons. The van der Waals surface area contributed by atoms with E-state index in [0.29, 0.717) is 5.82 Å². The molecule has 0 aromatic carbocycles. The molecule has 16 heavy (non-hydrogen) atoms. The molecule has 0 aliphatic carbocycles. The molecule has 7 heteroatoms. The summed E-state index contributed by atoms with van der Waals surface area (Å²) in [7, 11) is 0. The molecule has 1 heterocycles. The molecule has 1 aromatic rings. The maximum Gasteiger partial charge on any atom is 0.323 e. The van der Waals surface area contributed by atoms with Crippen molar-refractivity contribution in [1.82, 2.24) is 9.97 Å². The molecule has 0 saturated heterocycles. The molecule has 4 N–H and O–H groups in total. The minimum absolute atomic E-state index is 0.142. The van der Waals surface area contributed by atoms with Gasteiger partial charge in [0, 0.05) is 12.5 Å². The van der Waals surface area contributed by atoms with Crippen molar-refractivity contribution in [3.05, 3.63) is 17.0 Å². The summed E-state index contributed by atoms with van der Waals surface area (Å²) in [6.45, 7) is 1.99. The van der Waals surface area contributed by atoms with Gasteiger partial charge in [-0.3, -0.25) is 4.79 Å². The van der Waals surface area contributed by atoms with Gasteiger partial charge in [0.25, 0.3) is 0 Å². The lowest BCUT2D eigenvalue weighted by atomic mass is 10.2. The van der Waals surface area contributed by atoms with E-state index in [-0.39, 0.29) is 24.0 Å². The number of nitrogens with zero attached hydrogens (tertiary/aromatic N) is 2. The minimum atomic E-state index is -0.808. The van der Waals surface area contributed by atoms with Gasteiger partial charge in [-0.1, -0.05) is 11.6 Å². The zero-order valence-electron chi connectivity index (χ0n) is 8.81. The normalized spacial score (nSPS) is 12.2. The number of nitrogen functional groups attached to an aromatic ring is 1. The quantitative estimate of drug-likeness (QED) is 0.577. The highest BCUT2D eigenvalue weighted by Crippen LogP contribution is 2.09. The summed E-state index contributed by atoms with van der Waals surface area (Å²) < 4.78 is 4.75. The summed E-state index contributed by atoms with van der Waals surface area (Å²) in [5, 5.41) is 0.221. The smallest absolute Gasteiger partial charge is 0.323 e. The van der Waals surface area contributed by atoms with Gasteiger partial charge in [-0.15, -0.1) is 0 Å². The van der Waals surface area contributed by atoms with E-state index in [4.69, 9.17) is 27.8 Å². The predicted octanol–water partition coefficient (Wildman–Crippen LogP) is 0.145. The third-order valence-corrected chi connectivity index (χ3v) is 1.95. The Morgan fingerprint density at radius 3 is 2.88 bits per heavy atom. The van der Waals surface area contributed by atoms with Crippen molar-refractivity contribution in [2.75, 3.05) is 12.3 Å². The Balaban J connectivity index is 2.69. The molecule has 88 valence electrons. The molecule has 0 amide bonds. The van der Waals surface area contributed by atoms with Crippen LogP contribution in [0.4, 0.5) is 5.82 Å². The zero-order chi connectivity index (χ0) is 12.1. The molecule has 1 atom stereocenters. The number of carbonyl (C=O) groups is 1. The molecule has 0 saturated carbocycles. The topological polar surface area (TPSA) is 104 Å². The molecule has 0 aliphatic rings. The van der Waals surface area contributed by atoms with Crippen LogP contribution in [0.5, 0.6) is 0 Å². The second-order valence-corrected chi connectivity index (χ2v) is 3.48. The summed E-state index contributed by atoms with van der Waals surface area (Å²) >= 11 is 5.69. The van der Waals surface area contributed by atoms with Crippen molar-refractivity contribution in [3.8, 4) is 0 Å². The number of esters is 1. The fraction of sp³-hybridized carbons (Fsp3) is 0.444. The van der Waals surface area contributed by atoms with E-state index >= 15 is 0 Å². The van der Waals surface area contributed by atoms with Gasteiger partial charge in [0.15, 0.2) is 0 Å². The van der Waals surface area contributed by atoms with E-state index in [1.165, 1.54) is 6.07 Å². The Kier molecular flexibility index (Phi) is 4.45. The lowest BCUT2D eigenvalue weighted by molar-refractivity contribution is -0.144. The van der Waals surface area contributed by atoms with E-state index in [0.717, 1.165) is 0 Å². The molecule has 0 bridgehead atoms.